The first kappa shape index (κ1) is 15.3. The monoisotopic (exact) mass is 272 g/mol. The lowest BCUT2D eigenvalue weighted by atomic mass is 10.1. The number of alkyl halides is 1. The third kappa shape index (κ3) is 4.84. The second-order valence-corrected chi connectivity index (χ2v) is 4.60. The Bertz CT molecular complexity index is 326. The molecule has 0 bridgehead atoms. The molecule has 0 aliphatic heterocycles. The van der Waals surface area contributed by atoms with E-state index in [1.54, 1.807) is 24.3 Å². The predicted octanol–water partition coefficient (Wildman–Crippen LogP) is 2.89. The zero-order chi connectivity index (χ0) is 13.4. The first-order valence-electron chi connectivity index (χ1n) is 6.34. The Labute approximate surface area is 113 Å². The summed E-state index contributed by atoms with van der Waals surface area (Å²) < 4.78 is 5.56. The van der Waals surface area contributed by atoms with Crippen LogP contribution < -0.4 is 4.74 Å². The lowest BCUT2D eigenvalue weighted by molar-refractivity contribution is 0.0327. The van der Waals surface area contributed by atoms with Crippen LogP contribution in [0, 0.1) is 0 Å². The number of ether oxygens (including phenoxy) is 1. The van der Waals surface area contributed by atoms with Gasteiger partial charge in [0, 0.05) is 0 Å². The zero-order valence-electron chi connectivity index (χ0n) is 10.7. The van der Waals surface area contributed by atoms with Crippen LogP contribution in [0.2, 0.25) is 0 Å². The van der Waals surface area contributed by atoms with Crippen molar-refractivity contribution in [3.05, 3.63) is 29.8 Å². The van der Waals surface area contributed by atoms with Gasteiger partial charge in [0.25, 0.3) is 0 Å². The van der Waals surface area contributed by atoms with Crippen LogP contribution in [0.5, 0.6) is 5.75 Å². The minimum Gasteiger partial charge on any atom is -0.494 e. The maximum atomic E-state index is 9.75. The molecule has 0 heterocycles. The number of rotatable bonds is 8. The molecule has 0 amide bonds. The molecule has 1 rings (SSSR count). The molecule has 3 nitrogen and oxygen atoms in total. The molecule has 0 fully saturated rings. The average Bonchev–Trinajstić information content (AvgIpc) is 2.42. The van der Waals surface area contributed by atoms with Crippen molar-refractivity contribution in [2.24, 2.45) is 0 Å². The van der Waals surface area contributed by atoms with E-state index in [2.05, 4.69) is 6.92 Å². The highest BCUT2D eigenvalue weighted by Gasteiger charge is 2.16. The summed E-state index contributed by atoms with van der Waals surface area (Å²) in [7, 11) is 0. The molecule has 0 saturated heterocycles. The van der Waals surface area contributed by atoms with Gasteiger partial charge in [0.15, 0.2) is 0 Å². The molecule has 0 aliphatic rings. The first-order chi connectivity index (χ1) is 8.69. The first-order valence-corrected chi connectivity index (χ1v) is 6.87. The molecule has 2 atom stereocenters. The van der Waals surface area contributed by atoms with E-state index >= 15 is 0 Å². The number of halogens is 1. The van der Waals surface area contributed by atoms with E-state index < -0.39 is 12.2 Å². The summed E-state index contributed by atoms with van der Waals surface area (Å²) in [5.41, 5.74) is 0.643. The number of hydrogen-bond donors (Lipinski definition) is 2. The number of aliphatic hydroxyl groups excluding tert-OH is 2. The van der Waals surface area contributed by atoms with Crippen LogP contribution in [-0.2, 0) is 0 Å². The fraction of sp³-hybridized carbons (Fsp3) is 0.571. The molecular formula is C14H21ClO3. The highest BCUT2D eigenvalue weighted by atomic mass is 35.5. The average molecular weight is 273 g/mol. The van der Waals surface area contributed by atoms with Gasteiger partial charge in [-0.25, -0.2) is 0 Å². The van der Waals surface area contributed by atoms with E-state index in [9.17, 15) is 10.2 Å². The molecule has 0 aromatic heterocycles. The normalized spacial score (nSPS) is 14.2. The molecule has 2 N–H and O–H groups in total. The SMILES string of the molecule is CCCCCOc1ccc(C(O)C(O)CCl)cc1. The Morgan fingerprint density at radius 3 is 2.39 bits per heavy atom. The Balaban J connectivity index is 2.47. The molecule has 0 saturated carbocycles. The second-order valence-electron chi connectivity index (χ2n) is 4.29. The number of unbranched alkanes of at least 4 members (excludes halogenated alkanes) is 2. The lowest BCUT2D eigenvalue weighted by Crippen LogP contribution is -2.19. The largest absolute Gasteiger partial charge is 0.494 e. The molecular weight excluding hydrogens is 252 g/mol. The molecule has 0 radical (unpaired) electrons. The maximum Gasteiger partial charge on any atom is 0.119 e. The van der Waals surface area contributed by atoms with Gasteiger partial charge in [-0.1, -0.05) is 31.9 Å². The van der Waals surface area contributed by atoms with E-state index in [-0.39, 0.29) is 5.88 Å². The van der Waals surface area contributed by atoms with Crippen molar-refractivity contribution in [1.82, 2.24) is 0 Å². The number of benzene rings is 1. The maximum absolute atomic E-state index is 9.75. The summed E-state index contributed by atoms with van der Waals surface area (Å²) >= 11 is 5.49. The van der Waals surface area contributed by atoms with E-state index in [1.165, 1.54) is 12.8 Å². The van der Waals surface area contributed by atoms with Crippen molar-refractivity contribution in [2.75, 3.05) is 12.5 Å². The fourth-order valence-electron chi connectivity index (χ4n) is 1.61. The van der Waals surface area contributed by atoms with Crippen LogP contribution in [-0.4, -0.2) is 28.8 Å². The highest BCUT2D eigenvalue weighted by molar-refractivity contribution is 6.18. The van der Waals surface area contributed by atoms with Crippen molar-refractivity contribution in [1.29, 1.82) is 0 Å². The summed E-state index contributed by atoms with van der Waals surface area (Å²) in [5.74, 6) is 0.790. The van der Waals surface area contributed by atoms with Crippen LogP contribution in [0.4, 0.5) is 0 Å². The van der Waals surface area contributed by atoms with Crippen LogP contribution >= 0.6 is 11.6 Å². The quantitative estimate of drug-likeness (QED) is 0.565. The van der Waals surface area contributed by atoms with Gasteiger partial charge in [-0.2, -0.15) is 0 Å². The van der Waals surface area contributed by atoms with Gasteiger partial charge >= 0.3 is 0 Å². The van der Waals surface area contributed by atoms with E-state index in [0.717, 1.165) is 12.2 Å². The van der Waals surface area contributed by atoms with Crippen molar-refractivity contribution in [3.8, 4) is 5.75 Å². The van der Waals surface area contributed by atoms with Gasteiger partial charge in [0.2, 0.25) is 0 Å². The number of aliphatic hydroxyl groups is 2. The van der Waals surface area contributed by atoms with Crippen molar-refractivity contribution < 1.29 is 14.9 Å². The highest BCUT2D eigenvalue weighted by Crippen LogP contribution is 2.21. The molecule has 1 aromatic rings. The van der Waals surface area contributed by atoms with Crippen LogP contribution in [0.25, 0.3) is 0 Å². The van der Waals surface area contributed by atoms with Crippen LogP contribution in [0.3, 0.4) is 0 Å². The summed E-state index contributed by atoms with van der Waals surface area (Å²) in [4.78, 5) is 0. The molecule has 4 heteroatoms. The van der Waals surface area contributed by atoms with E-state index in [4.69, 9.17) is 16.3 Å². The molecule has 1 aromatic carbocycles. The Morgan fingerprint density at radius 1 is 1.17 bits per heavy atom. The van der Waals surface area contributed by atoms with Gasteiger partial charge in [-0.3, -0.25) is 0 Å². The minimum absolute atomic E-state index is 0.0104. The lowest BCUT2D eigenvalue weighted by Gasteiger charge is -2.16. The van der Waals surface area contributed by atoms with Crippen molar-refractivity contribution in [3.63, 3.8) is 0 Å². The zero-order valence-corrected chi connectivity index (χ0v) is 11.4. The Morgan fingerprint density at radius 2 is 1.83 bits per heavy atom. The van der Waals surface area contributed by atoms with E-state index in [1.807, 2.05) is 0 Å². The van der Waals surface area contributed by atoms with Crippen LogP contribution in [0.1, 0.15) is 37.9 Å². The van der Waals surface area contributed by atoms with Gasteiger partial charge in [0.05, 0.1) is 18.6 Å². The predicted molar refractivity (Wildman–Crippen MR) is 73.1 cm³/mol. The molecule has 0 spiro atoms. The van der Waals surface area contributed by atoms with Crippen LogP contribution in [0.15, 0.2) is 24.3 Å². The van der Waals surface area contributed by atoms with Gasteiger partial charge in [0.1, 0.15) is 11.9 Å². The number of hydrogen-bond acceptors (Lipinski definition) is 3. The second kappa shape index (κ2) is 8.35. The van der Waals surface area contributed by atoms with Gasteiger partial charge < -0.3 is 14.9 Å². The topological polar surface area (TPSA) is 49.7 Å². The third-order valence-corrected chi connectivity index (χ3v) is 3.08. The summed E-state index contributed by atoms with van der Waals surface area (Å²) in [6.45, 7) is 2.86. The Kier molecular flexibility index (Phi) is 7.09. The Hall–Kier alpha value is -0.770. The molecule has 18 heavy (non-hydrogen) atoms. The van der Waals surface area contributed by atoms with Crippen molar-refractivity contribution >= 4 is 11.6 Å². The standard InChI is InChI=1S/C14H21ClO3/c1-2-3-4-9-18-12-7-5-11(6-8-12)14(17)13(16)10-15/h5-8,13-14,16-17H,2-4,9-10H2,1H3. The summed E-state index contributed by atoms with van der Waals surface area (Å²) in [6, 6.07) is 7.09. The molecule has 0 aliphatic carbocycles. The van der Waals surface area contributed by atoms with E-state index in [0.29, 0.717) is 12.2 Å². The minimum atomic E-state index is -0.948. The van der Waals surface area contributed by atoms with Gasteiger partial charge in [-0.05, 0) is 24.1 Å². The van der Waals surface area contributed by atoms with Gasteiger partial charge in [-0.15, -0.1) is 11.6 Å². The van der Waals surface area contributed by atoms with Crippen molar-refractivity contribution in [2.45, 2.75) is 38.4 Å². The third-order valence-electron chi connectivity index (χ3n) is 2.76. The summed E-state index contributed by atoms with van der Waals surface area (Å²) in [5, 5.41) is 19.2. The molecule has 102 valence electrons. The fourth-order valence-corrected chi connectivity index (χ4v) is 1.78. The summed E-state index contributed by atoms with van der Waals surface area (Å²) in [6.07, 6.45) is 1.50. The molecule has 2 unspecified atom stereocenters. The smallest absolute Gasteiger partial charge is 0.119 e.